The Labute approximate surface area is 109 Å². The number of hydrogen-bond donors (Lipinski definition) is 1. The van der Waals surface area contributed by atoms with Crippen LogP contribution in [0.15, 0.2) is 48.8 Å². The molecule has 0 unspecified atom stereocenters. The van der Waals surface area contributed by atoms with Crippen molar-refractivity contribution in [2.45, 2.75) is 32.2 Å². The number of rotatable bonds is 7. The molecule has 0 aliphatic rings. The van der Waals surface area contributed by atoms with Gasteiger partial charge in [-0.1, -0.05) is 30.3 Å². The summed E-state index contributed by atoms with van der Waals surface area (Å²) >= 11 is 0. The maximum Gasteiger partial charge on any atom is 0.0219 e. The molecule has 2 nitrogen and oxygen atoms in total. The van der Waals surface area contributed by atoms with E-state index in [9.17, 15) is 0 Å². The fraction of sp³-hybridized carbons (Fsp3) is 0.375. The van der Waals surface area contributed by atoms with E-state index in [4.69, 9.17) is 5.73 Å². The third-order valence-electron chi connectivity index (χ3n) is 3.22. The van der Waals surface area contributed by atoms with Gasteiger partial charge in [0.2, 0.25) is 0 Å². The standard InChI is InChI=1S/C16H22N2/c17-11-9-16-10-13-18(14-16)12-5-4-8-15-6-2-1-3-7-15/h1-3,6-7,10,13-14H,4-5,8-9,11-12,17H2. The first-order valence-corrected chi connectivity index (χ1v) is 6.77. The quantitative estimate of drug-likeness (QED) is 0.743. The van der Waals surface area contributed by atoms with Crippen LogP contribution in [0.2, 0.25) is 0 Å². The van der Waals surface area contributed by atoms with E-state index in [-0.39, 0.29) is 0 Å². The molecule has 1 aromatic carbocycles. The van der Waals surface area contributed by atoms with Gasteiger partial charge in [-0.3, -0.25) is 0 Å². The fourth-order valence-corrected chi connectivity index (χ4v) is 2.21. The summed E-state index contributed by atoms with van der Waals surface area (Å²) in [4.78, 5) is 0. The highest BCUT2D eigenvalue weighted by Gasteiger charge is 1.97. The topological polar surface area (TPSA) is 30.9 Å². The van der Waals surface area contributed by atoms with Gasteiger partial charge < -0.3 is 10.3 Å². The van der Waals surface area contributed by atoms with Crippen molar-refractivity contribution in [2.24, 2.45) is 5.73 Å². The van der Waals surface area contributed by atoms with Gasteiger partial charge in [0.25, 0.3) is 0 Å². The van der Waals surface area contributed by atoms with Crippen molar-refractivity contribution in [3.8, 4) is 0 Å². The molecule has 0 saturated heterocycles. The van der Waals surface area contributed by atoms with Crippen molar-refractivity contribution in [1.82, 2.24) is 4.57 Å². The van der Waals surface area contributed by atoms with Crippen molar-refractivity contribution in [2.75, 3.05) is 6.54 Å². The second-order valence-electron chi connectivity index (χ2n) is 4.74. The first kappa shape index (κ1) is 12.9. The van der Waals surface area contributed by atoms with Crippen LogP contribution in [-0.4, -0.2) is 11.1 Å². The second kappa shape index (κ2) is 7.02. The van der Waals surface area contributed by atoms with E-state index in [0.29, 0.717) is 0 Å². The Morgan fingerprint density at radius 1 is 0.889 bits per heavy atom. The smallest absolute Gasteiger partial charge is 0.0219 e. The Morgan fingerprint density at radius 2 is 1.72 bits per heavy atom. The van der Waals surface area contributed by atoms with E-state index in [0.717, 1.165) is 19.5 Å². The molecule has 0 radical (unpaired) electrons. The second-order valence-corrected chi connectivity index (χ2v) is 4.74. The lowest BCUT2D eigenvalue weighted by atomic mass is 10.1. The van der Waals surface area contributed by atoms with E-state index in [1.54, 1.807) is 0 Å². The molecule has 2 heteroatoms. The first-order chi connectivity index (χ1) is 8.88. The van der Waals surface area contributed by atoms with E-state index < -0.39 is 0 Å². The van der Waals surface area contributed by atoms with Gasteiger partial charge >= 0.3 is 0 Å². The third kappa shape index (κ3) is 4.04. The van der Waals surface area contributed by atoms with E-state index in [1.807, 2.05) is 0 Å². The van der Waals surface area contributed by atoms with Crippen LogP contribution in [-0.2, 0) is 19.4 Å². The van der Waals surface area contributed by atoms with Gasteiger partial charge in [-0.15, -0.1) is 0 Å². The molecule has 2 rings (SSSR count). The molecule has 2 aromatic rings. The molecule has 1 heterocycles. The van der Waals surface area contributed by atoms with Crippen LogP contribution < -0.4 is 5.73 Å². The van der Waals surface area contributed by atoms with Crippen LogP contribution in [0.3, 0.4) is 0 Å². The lowest BCUT2D eigenvalue weighted by Crippen LogP contribution is -2.02. The molecule has 0 saturated carbocycles. The van der Waals surface area contributed by atoms with Crippen LogP contribution >= 0.6 is 0 Å². The zero-order valence-corrected chi connectivity index (χ0v) is 10.9. The minimum absolute atomic E-state index is 0.734. The Balaban J connectivity index is 1.68. The maximum absolute atomic E-state index is 5.55. The van der Waals surface area contributed by atoms with Gasteiger partial charge in [0.05, 0.1) is 0 Å². The average Bonchev–Trinajstić information content (AvgIpc) is 2.84. The van der Waals surface area contributed by atoms with E-state index in [2.05, 4.69) is 53.4 Å². The summed E-state index contributed by atoms with van der Waals surface area (Å²) in [6, 6.07) is 12.9. The van der Waals surface area contributed by atoms with E-state index >= 15 is 0 Å². The van der Waals surface area contributed by atoms with Gasteiger partial charge in [0, 0.05) is 18.9 Å². The zero-order valence-electron chi connectivity index (χ0n) is 10.9. The number of nitrogens with zero attached hydrogens (tertiary/aromatic N) is 1. The Hall–Kier alpha value is -1.54. The largest absolute Gasteiger partial charge is 0.354 e. The molecule has 0 amide bonds. The van der Waals surface area contributed by atoms with Crippen LogP contribution in [0.5, 0.6) is 0 Å². The molecule has 96 valence electrons. The molecule has 0 aliphatic heterocycles. The molecule has 18 heavy (non-hydrogen) atoms. The fourth-order valence-electron chi connectivity index (χ4n) is 2.21. The highest BCUT2D eigenvalue weighted by atomic mass is 14.9. The normalized spacial score (nSPS) is 10.7. The molecular weight excluding hydrogens is 220 g/mol. The van der Waals surface area contributed by atoms with Crippen LogP contribution in [0.1, 0.15) is 24.0 Å². The zero-order chi connectivity index (χ0) is 12.6. The van der Waals surface area contributed by atoms with Gasteiger partial charge in [-0.25, -0.2) is 0 Å². The van der Waals surface area contributed by atoms with Gasteiger partial charge in [0.15, 0.2) is 0 Å². The molecule has 1 aromatic heterocycles. The molecule has 0 bridgehead atoms. The average molecular weight is 242 g/mol. The van der Waals surface area contributed by atoms with Crippen LogP contribution in [0.25, 0.3) is 0 Å². The predicted molar refractivity (Wildman–Crippen MR) is 76.6 cm³/mol. The summed E-state index contributed by atoms with van der Waals surface area (Å²) in [5, 5.41) is 0. The van der Waals surface area contributed by atoms with Gasteiger partial charge in [-0.05, 0) is 49.4 Å². The maximum atomic E-state index is 5.55. The van der Waals surface area contributed by atoms with Crippen molar-refractivity contribution in [1.29, 1.82) is 0 Å². The van der Waals surface area contributed by atoms with Crippen molar-refractivity contribution in [3.05, 3.63) is 59.9 Å². The number of unbranched alkanes of at least 4 members (excludes halogenated alkanes) is 1. The summed E-state index contributed by atoms with van der Waals surface area (Å²) in [6.07, 6.45) is 9.01. The third-order valence-corrected chi connectivity index (χ3v) is 3.22. The summed E-state index contributed by atoms with van der Waals surface area (Å²) in [5.41, 5.74) is 8.33. The Morgan fingerprint density at radius 3 is 2.50 bits per heavy atom. The predicted octanol–water partition coefficient (Wildman–Crippen LogP) is 3.01. The number of nitrogens with two attached hydrogens (primary N) is 1. The Bertz CT molecular complexity index is 445. The SMILES string of the molecule is NCCc1ccn(CCCCc2ccccc2)c1. The van der Waals surface area contributed by atoms with Crippen LogP contribution in [0.4, 0.5) is 0 Å². The molecular formula is C16H22N2. The number of hydrogen-bond acceptors (Lipinski definition) is 1. The molecule has 0 atom stereocenters. The molecule has 0 spiro atoms. The highest BCUT2D eigenvalue weighted by Crippen LogP contribution is 2.07. The van der Waals surface area contributed by atoms with Gasteiger partial charge in [0.1, 0.15) is 0 Å². The van der Waals surface area contributed by atoms with Crippen molar-refractivity contribution < 1.29 is 0 Å². The van der Waals surface area contributed by atoms with Gasteiger partial charge in [-0.2, -0.15) is 0 Å². The summed E-state index contributed by atoms with van der Waals surface area (Å²) in [5.74, 6) is 0. The summed E-state index contributed by atoms with van der Waals surface area (Å²) < 4.78 is 2.27. The van der Waals surface area contributed by atoms with Crippen molar-refractivity contribution >= 4 is 0 Å². The molecule has 2 N–H and O–H groups in total. The first-order valence-electron chi connectivity index (χ1n) is 6.77. The van der Waals surface area contributed by atoms with Crippen molar-refractivity contribution in [3.63, 3.8) is 0 Å². The summed E-state index contributed by atoms with van der Waals surface area (Å²) in [6.45, 7) is 1.84. The summed E-state index contributed by atoms with van der Waals surface area (Å²) in [7, 11) is 0. The minimum Gasteiger partial charge on any atom is -0.354 e. The van der Waals surface area contributed by atoms with Crippen LogP contribution in [0, 0.1) is 0 Å². The highest BCUT2D eigenvalue weighted by molar-refractivity contribution is 5.14. The Kier molecular flexibility index (Phi) is 5.03. The molecule has 0 fully saturated rings. The monoisotopic (exact) mass is 242 g/mol. The lowest BCUT2D eigenvalue weighted by Gasteiger charge is -2.03. The molecule has 0 aliphatic carbocycles. The number of aryl methyl sites for hydroxylation is 2. The lowest BCUT2D eigenvalue weighted by molar-refractivity contribution is 0.610. The number of aromatic nitrogens is 1. The minimum atomic E-state index is 0.734. The number of benzene rings is 1. The van der Waals surface area contributed by atoms with E-state index in [1.165, 1.54) is 30.4 Å².